The van der Waals surface area contributed by atoms with Crippen LogP contribution in [0.1, 0.15) is 13.8 Å². The number of anilines is 1. The lowest BCUT2D eigenvalue weighted by Crippen LogP contribution is -2.15. The summed E-state index contributed by atoms with van der Waals surface area (Å²) in [6, 6.07) is 7.26. The lowest BCUT2D eigenvalue weighted by molar-refractivity contribution is -0.0294. The first kappa shape index (κ1) is 43.4. The fourth-order valence-corrected chi connectivity index (χ4v) is 3.43. The molecule has 276 valence electrons. The summed E-state index contributed by atoms with van der Waals surface area (Å²) >= 11 is 0. The summed E-state index contributed by atoms with van der Waals surface area (Å²) in [5, 5.41) is 0. The van der Waals surface area contributed by atoms with Gasteiger partial charge in [-0.25, -0.2) is 0 Å². The van der Waals surface area contributed by atoms with E-state index in [1.807, 2.05) is 26.0 Å². The number of nitrogens with two attached hydrogens (primary N) is 1. The number of nitrogen functional groups attached to an aromatic ring is 1. The number of hydrogen-bond donors (Lipinski definition) is 1. The van der Waals surface area contributed by atoms with Gasteiger partial charge in [0.15, 0.2) is 0 Å². The van der Waals surface area contributed by atoms with Gasteiger partial charge in [-0.3, -0.25) is 0 Å². The summed E-state index contributed by atoms with van der Waals surface area (Å²) in [6.07, 6.45) is 0.229. The maximum Gasteiger partial charge on any atom is 0.119 e. The highest BCUT2D eigenvalue weighted by atomic mass is 16.6. The first-order valence-electron chi connectivity index (χ1n) is 16.6. The van der Waals surface area contributed by atoms with Crippen molar-refractivity contribution in [3.05, 3.63) is 24.3 Å². The van der Waals surface area contributed by atoms with Crippen molar-refractivity contribution in [1.29, 1.82) is 0 Å². The molecule has 0 aliphatic carbocycles. The van der Waals surface area contributed by atoms with Crippen molar-refractivity contribution in [2.45, 2.75) is 20.0 Å². The molecular weight excluding hydrogens is 618 g/mol. The lowest BCUT2D eigenvalue weighted by Gasteiger charge is -2.09. The minimum atomic E-state index is 0.229. The maximum absolute atomic E-state index is 5.64. The summed E-state index contributed by atoms with van der Waals surface area (Å²) in [7, 11) is 0. The minimum absolute atomic E-state index is 0.229. The number of hydrogen-bond acceptors (Lipinski definition) is 14. The van der Waals surface area contributed by atoms with Crippen LogP contribution in [0.25, 0.3) is 0 Å². The molecule has 0 saturated heterocycles. The monoisotopic (exact) mass is 679 g/mol. The Balaban J connectivity index is 1.62. The summed E-state index contributed by atoms with van der Waals surface area (Å²) in [6.45, 7) is 16.5. The molecule has 14 nitrogen and oxygen atoms in total. The van der Waals surface area contributed by atoms with Gasteiger partial charge in [-0.15, -0.1) is 0 Å². The average Bonchev–Trinajstić information content (AvgIpc) is 3.07. The molecule has 0 spiro atoms. The topological polar surface area (TPSA) is 146 Å². The SMILES string of the molecule is CC(C)OCCOCCOCCOCCOCCOCCOCCOCCOCCOCCOCCOCCOc1ccc(N)cc1. The molecule has 0 heterocycles. The fourth-order valence-electron chi connectivity index (χ4n) is 3.43. The minimum Gasteiger partial charge on any atom is -0.491 e. The number of rotatable bonds is 38. The molecule has 0 radical (unpaired) electrons. The van der Waals surface area contributed by atoms with Crippen molar-refractivity contribution in [3.8, 4) is 5.75 Å². The van der Waals surface area contributed by atoms with Crippen LogP contribution in [-0.2, 0) is 56.8 Å². The van der Waals surface area contributed by atoms with Gasteiger partial charge in [0.05, 0.1) is 158 Å². The van der Waals surface area contributed by atoms with Crippen LogP contribution in [0, 0.1) is 0 Å². The van der Waals surface area contributed by atoms with E-state index >= 15 is 0 Å². The van der Waals surface area contributed by atoms with E-state index in [9.17, 15) is 0 Å². The van der Waals surface area contributed by atoms with Crippen molar-refractivity contribution < 1.29 is 61.6 Å². The van der Waals surface area contributed by atoms with Crippen molar-refractivity contribution >= 4 is 5.69 Å². The Bertz CT molecular complexity index is 746. The van der Waals surface area contributed by atoms with E-state index in [0.717, 1.165) is 5.75 Å². The van der Waals surface area contributed by atoms with E-state index in [-0.39, 0.29) is 6.10 Å². The van der Waals surface area contributed by atoms with Crippen LogP contribution >= 0.6 is 0 Å². The van der Waals surface area contributed by atoms with Gasteiger partial charge in [0, 0.05) is 5.69 Å². The van der Waals surface area contributed by atoms with E-state index in [1.54, 1.807) is 12.1 Å². The normalized spacial score (nSPS) is 11.6. The molecule has 0 aromatic heterocycles. The predicted molar refractivity (Wildman–Crippen MR) is 176 cm³/mol. The highest BCUT2D eigenvalue weighted by Gasteiger charge is 1.98. The summed E-state index contributed by atoms with van der Waals surface area (Å²) in [5.41, 5.74) is 6.35. The Hall–Kier alpha value is -1.66. The third-order valence-corrected chi connectivity index (χ3v) is 5.78. The Morgan fingerprint density at radius 3 is 0.851 bits per heavy atom. The van der Waals surface area contributed by atoms with E-state index in [4.69, 9.17) is 67.3 Å². The summed E-state index contributed by atoms with van der Waals surface area (Å²) in [5.74, 6) is 0.772. The second-order valence-electron chi connectivity index (χ2n) is 10.1. The second kappa shape index (κ2) is 35.6. The highest BCUT2D eigenvalue weighted by molar-refractivity contribution is 5.41. The fraction of sp³-hybridized carbons (Fsp3) is 0.818. The largest absolute Gasteiger partial charge is 0.491 e. The van der Waals surface area contributed by atoms with Crippen LogP contribution in [-0.4, -0.2) is 165 Å². The number of benzene rings is 1. The number of ether oxygens (including phenoxy) is 13. The molecule has 1 aromatic carbocycles. The molecule has 0 saturated carbocycles. The van der Waals surface area contributed by atoms with Gasteiger partial charge in [-0.1, -0.05) is 0 Å². The molecule has 47 heavy (non-hydrogen) atoms. The highest BCUT2D eigenvalue weighted by Crippen LogP contribution is 2.12. The van der Waals surface area contributed by atoms with Gasteiger partial charge in [0.1, 0.15) is 12.4 Å². The van der Waals surface area contributed by atoms with Crippen LogP contribution in [0.3, 0.4) is 0 Å². The molecule has 0 bridgehead atoms. The Morgan fingerprint density at radius 1 is 0.362 bits per heavy atom. The molecule has 1 rings (SSSR count). The predicted octanol–water partition coefficient (Wildman–Crippen LogP) is 2.26. The summed E-state index contributed by atoms with van der Waals surface area (Å²) in [4.78, 5) is 0. The molecule has 0 unspecified atom stereocenters. The average molecular weight is 680 g/mol. The first-order chi connectivity index (χ1) is 23.2. The van der Waals surface area contributed by atoms with Gasteiger partial charge in [0.2, 0.25) is 0 Å². The summed E-state index contributed by atoms with van der Waals surface area (Å²) < 4.78 is 71.1. The van der Waals surface area contributed by atoms with Crippen molar-refractivity contribution in [1.82, 2.24) is 0 Å². The Labute approximate surface area is 281 Å². The smallest absolute Gasteiger partial charge is 0.119 e. The van der Waals surface area contributed by atoms with Crippen molar-refractivity contribution in [3.63, 3.8) is 0 Å². The zero-order valence-corrected chi connectivity index (χ0v) is 28.7. The second-order valence-corrected chi connectivity index (χ2v) is 10.1. The van der Waals surface area contributed by atoms with Crippen LogP contribution in [0.4, 0.5) is 5.69 Å². The van der Waals surface area contributed by atoms with Gasteiger partial charge in [0.25, 0.3) is 0 Å². The van der Waals surface area contributed by atoms with Crippen molar-refractivity contribution in [2.75, 3.05) is 164 Å². The lowest BCUT2D eigenvalue weighted by atomic mass is 10.3. The molecular formula is C33H61NO13. The standard InChI is InChI=1S/C33H61NO13/c1-31(2)46-29-27-44-25-23-42-21-19-40-17-15-38-13-11-36-9-7-35-8-10-37-12-14-39-16-18-41-20-22-43-24-26-45-28-30-47-33-5-3-32(34)4-6-33/h3-6,31H,7-30,34H2,1-2H3. The van der Waals surface area contributed by atoms with Crippen molar-refractivity contribution in [2.24, 2.45) is 0 Å². The zero-order valence-electron chi connectivity index (χ0n) is 28.7. The molecule has 0 aliphatic rings. The maximum atomic E-state index is 5.64. The molecule has 0 aliphatic heterocycles. The van der Waals surface area contributed by atoms with Gasteiger partial charge in [-0.05, 0) is 38.1 Å². The molecule has 0 atom stereocenters. The molecule has 2 N–H and O–H groups in total. The molecule has 0 fully saturated rings. The van der Waals surface area contributed by atoms with Gasteiger partial charge < -0.3 is 67.3 Å². The Kier molecular flexibility index (Phi) is 32.9. The first-order valence-corrected chi connectivity index (χ1v) is 16.6. The molecule has 0 amide bonds. The van der Waals surface area contributed by atoms with Crippen LogP contribution < -0.4 is 10.5 Å². The van der Waals surface area contributed by atoms with E-state index < -0.39 is 0 Å². The quantitative estimate of drug-likeness (QED) is 0.0805. The third-order valence-electron chi connectivity index (χ3n) is 5.78. The van der Waals surface area contributed by atoms with Gasteiger partial charge >= 0.3 is 0 Å². The zero-order chi connectivity index (χ0) is 33.7. The van der Waals surface area contributed by atoms with Crippen LogP contribution in [0.15, 0.2) is 24.3 Å². The van der Waals surface area contributed by atoms with Gasteiger partial charge in [-0.2, -0.15) is 0 Å². The van der Waals surface area contributed by atoms with E-state index in [0.29, 0.717) is 164 Å². The van der Waals surface area contributed by atoms with E-state index in [2.05, 4.69) is 0 Å². The Morgan fingerprint density at radius 2 is 0.596 bits per heavy atom. The van der Waals surface area contributed by atoms with Crippen LogP contribution in [0.2, 0.25) is 0 Å². The molecule has 1 aromatic rings. The van der Waals surface area contributed by atoms with E-state index in [1.165, 1.54) is 0 Å². The molecule has 14 heteroatoms. The van der Waals surface area contributed by atoms with Crippen LogP contribution in [0.5, 0.6) is 5.75 Å². The third kappa shape index (κ3) is 34.0.